The second-order valence-corrected chi connectivity index (χ2v) is 8.76. The van der Waals surface area contributed by atoms with Crippen molar-refractivity contribution >= 4 is 31.8 Å². The number of anilines is 1. The number of sulfonamides is 1. The van der Waals surface area contributed by atoms with Crippen LogP contribution in [-0.2, 0) is 10.0 Å². The molecule has 134 valence electrons. The lowest BCUT2D eigenvalue weighted by Gasteiger charge is -2.33. The third-order valence-corrected chi connectivity index (χ3v) is 6.23. The maximum absolute atomic E-state index is 13.0. The normalized spacial score (nSPS) is 16.2. The predicted octanol–water partition coefficient (Wildman–Crippen LogP) is 3.24. The molecule has 0 bridgehead atoms. The number of hydrogen-bond acceptors (Lipinski definition) is 4. The molecule has 0 radical (unpaired) electrons. The molecule has 1 aromatic carbocycles. The Bertz CT molecular complexity index is 851. The summed E-state index contributed by atoms with van der Waals surface area (Å²) in [6, 6.07) is 6.75. The van der Waals surface area contributed by atoms with E-state index in [1.807, 2.05) is 13.0 Å². The first-order chi connectivity index (χ1) is 11.8. The van der Waals surface area contributed by atoms with Gasteiger partial charge in [-0.1, -0.05) is 0 Å². The van der Waals surface area contributed by atoms with Crippen molar-refractivity contribution in [1.29, 1.82) is 0 Å². The fourth-order valence-corrected chi connectivity index (χ4v) is 4.73. The van der Waals surface area contributed by atoms with Crippen molar-refractivity contribution in [2.75, 3.05) is 18.0 Å². The van der Waals surface area contributed by atoms with E-state index in [9.17, 15) is 12.8 Å². The summed E-state index contributed by atoms with van der Waals surface area (Å²) in [6.45, 7) is 3.47. The average molecular weight is 428 g/mol. The summed E-state index contributed by atoms with van der Waals surface area (Å²) in [5.74, 6) is 0.479. The zero-order chi connectivity index (χ0) is 18.0. The fraction of sp³-hybridized carbons (Fsp3) is 0.353. The van der Waals surface area contributed by atoms with Crippen LogP contribution in [0.2, 0.25) is 0 Å². The minimum absolute atomic E-state index is 0.0850. The van der Waals surface area contributed by atoms with Gasteiger partial charge in [-0.25, -0.2) is 22.5 Å². The number of benzene rings is 1. The van der Waals surface area contributed by atoms with Crippen molar-refractivity contribution in [2.45, 2.75) is 30.7 Å². The quantitative estimate of drug-likeness (QED) is 0.813. The smallest absolute Gasteiger partial charge is 0.240 e. The van der Waals surface area contributed by atoms with Gasteiger partial charge in [0.1, 0.15) is 11.6 Å². The van der Waals surface area contributed by atoms with Crippen LogP contribution in [0.25, 0.3) is 0 Å². The van der Waals surface area contributed by atoms with E-state index in [1.54, 1.807) is 6.20 Å². The number of pyridine rings is 1. The van der Waals surface area contributed by atoms with Crippen LogP contribution in [0.5, 0.6) is 0 Å². The number of piperidine rings is 1. The van der Waals surface area contributed by atoms with Crippen LogP contribution >= 0.6 is 15.9 Å². The van der Waals surface area contributed by atoms with E-state index < -0.39 is 15.8 Å². The minimum Gasteiger partial charge on any atom is -0.356 e. The highest BCUT2D eigenvalue weighted by Gasteiger charge is 2.25. The molecular formula is C17H19BrFN3O2S. The molecule has 1 N–H and O–H groups in total. The zero-order valence-electron chi connectivity index (χ0n) is 13.7. The Morgan fingerprint density at radius 1 is 1.24 bits per heavy atom. The molecule has 5 nitrogen and oxygen atoms in total. The van der Waals surface area contributed by atoms with Crippen molar-refractivity contribution in [3.8, 4) is 0 Å². The van der Waals surface area contributed by atoms with Gasteiger partial charge in [0.25, 0.3) is 0 Å². The predicted molar refractivity (Wildman–Crippen MR) is 98.6 cm³/mol. The maximum atomic E-state index is 13.0. The van der Waals surface area contributed by atoms with E-state index in [4.69, 9.17) is 0 Å². The number of aromatic nitrogens is 1. The highest BCUT2D eigenvalue weighted by Crippen LogP contribution is 2.24. The van der Waals surface area contributed by atoms with E-state index in [2.05, 4.69) is 30.5 Å². The molecule has 1 fully saturated rings. The van der Waals surface area contributed by atoms with E-state index in [0.29, 0.717) is 12.8 Å². The molecule has 2 heterocycles. The topological polar surface area (TPSA) is 62.3 Å². The number of halogens is 2. The van der Waals surface area contributed by atoms with Gasteiger partial charge in [0, 0.05) is 29.8 Å². The Kier molecular flexibility index (Phi) is 5.41. The van der Waals surface area contributed by atoms with Crippen LogP contribution in [0.1, 0.15) is 18.4 Å². The second kappa shape index (κ2) is 7.39. The average Bonchev–Trinajstić information content (AvgIpc) is 2.56. The Labute approximate surface area is 155 Å². The second-order valence-electron chi connectivity index (χ2n) is 6.13. The molecule has 25 heavy (non-hydrogen) atoms. The lowest BCUT2D eigenvalue weighted by molar-refractivity contribution is 0.458. The minimum atomic E-state index is -3.63. The fourth-order valence-electron chi connectivity index (χ4n) is 2.97. The summed E-state index contributed by atoms with van der Waals surface area (Å²) >= 11 is 3.41. The molecule has 0 amide bonds. The van der Waals surface area contributed by atoms with Crippen LogP contribution in [0.15, 0.2) is 45.9 Å². The van der Waals surface area contributed by atoms with Gasteiger partial charge in [-0.2, -0.15) is 0 Å². The molecule has 0 saturated carbocycles. The first-order valence-electron chi connectivity index (χ1n) is 8.00. The summed E-state index contributed by atoms with van der Waals surface area (Å²) in [6.07, 6.45) is 3.15. The molecule has 0 atom stereocenters. The van der Waals surface area contributed by atoms with Crippen LogP contribution in [-0.4, -0.2) is 32.5 Å². The van der Waals surface area contributed by atoms with Crippen LogP contribution in [0.4, 0.5) is 10.2 Å². The molecule has 3 rings (SSSR count). The van der Waals surface area contributed by atoms with Crippen LogP contribution in [0, 0.1) is 12.7 Å². The van der Waals surface area contributed by atoms with Gasteiger partial charge in [0.15, 0.2) is 0 Å². The standard InChI is InChI=1S/C17H19BrFN3O2S/c1-12-10-13(18)11-20-17(12)22-8-6-15(7-9-22)21-25(23,24)16-4-2-14(19)3-5-16/h2-5,10-11,15,21H,6-9H2,1H3. The summed E-state index contributed by atoms with van der Waals surface area (Å²) in [4.78, 5) is 6.72. The van der Waals surface area contributed by atoms with Crippen LogP contribution in [0.3, 0.4) is 0 Å². The highest BCUT2D eigenvalue weighted by atomic mass is 79.9. The molecule has 1 aromatic heterocycles. The first kappa shape index (κ1) is 18.3. The SMILES string of the molecule is Cc1cc(Br)cnc1N1CCC(NS(=O)(=O)c2ccc(F)cc2)CC1. The number of rotatable bonds is 4. The summed E-state index contributed by atoms with van der Waals surface area (Å²) in [5, 5.41) is 0. The zero-order valence-corrected chi connectivity index (χ0v) is 16.1. The largest absolute Gasteiger partial charge is 0.356 e. The summed E-state index contributed by atoms with van der Waals surface area (Å²) in [5.41, 5.74) is 1.08. The summed E-state index contributed by atoms with van der Waals surface area (Å²) in [7, 11) is -3.63. The van der Waals surface area contributed by atoms with Gasteiger partial charge < -0.3 is 4.90 Å². The number of nitrogens with one attached hydrogen (secondary N) is 1. The third kappa shape index (κ3) is 4.37. The van der Waals surface area contributed by atoms with Gasteiger partial charge in [0.05, 0.1) is 4.90 Å². The van der Waals surface area contributed by atoms with E-state index in [0.717, 1.165) is 41.1 Å². The Morgan fingerprint density at radius 3 is 2.48 bits per heavy atom. The van der Waals surface area contributed by atoms with Gasteiger partial charge >= 0.3 is 0 Å². The third-order valence-electron chi connectivity index (χ3n) is 4.26. The van der Waals surface area contributed by atoms with Crippen molar-refractivity contribution in [1.82, 2.24) is 9.71 Å². The lowest BCUT2D eigenvalue weighted by atomic mass is 10.1. The van der Waals surface area contributed by atoms with Crippen molar-refractivity contribution < 1.29 is 12.8 Å². The van der Waals surface area contributed by atoms with Gasteiger partial charge in [0.2, 0.25) is 10.0 Å². The van der Waals surface area contributed by atoms with Crippen molar-refractivity contribution in [2.24, 2.45) is 0 Å². The van der Waals surface area contributed by atoms with Gasteiger partial charge in [-0.05, 0) is 71.6 Å². The maximum Gasteiger partial charge on any atom is 0.240 e. The number of hydrogen-bond donors (Lipinski definition) is 1. The van der Waals surface area contributed by atoms with E-state index in [1.165, 1.54) is 12.1 Å². The number of nitrogens with zero attached hydrogens (tertiary/aromatic N) is 2. The Morgan fingerprint density at radius 2 is 1.88 bits per heavy atom. The molecule has 8 heteroatoms. The lowest BCUT2D eigenvalue weighted by Crippen LogP contribution is -2.45. The van der Waals surface area contributed by atoms with E-state index >= 15 is 0 Å². The molecule has 1 aliphatic rings. The molecular weight excluding hydrogens is 409 g/mol. The van der Waals surface area contributed by atoms with Crippen LogP contribution < -0.4 is 9.62 Å². The van der Waals surface area contributed by atoms with E-state index in [-0.39, 0.29) is 10.9 Å². The highest BCUT2D eigenvalue weighted by molar-refractivity contribution is 9.10. The molecule has 0 aliphatic carbocycles. The molecule has 0 unspecified atom stereocenters. The van der Waals surface area contributed by atoms with Gasteiger partial charge in [-0.15, -0.1) is 0 Å². The Hall–Kier alpha value is -1.51. The monoisotopic (exact) mass is 427 g/mol. The Balaban J connectivity index is 1.63. The molecule has 0 spiro atoms. The molecule has 2 aromatic rings. The number of aryl methyl sites for hydroxylation is 1. The molecule has 1 aliphatic heterocycles. The molecule has 1 saturated heterocycles. The van der Waals surface area contributed by atoms with Crippen molar-refractivity contribution in [3.63, 3.8) is 0 Å². The van der Waals surface area contributed by atoms with Crippen molar-refractivity contribution in [3.05, 3.63) is 52.4 Å². The summed E-state index contributed by atoms with van der Waals surface area (Å²) < 4.78 is 41.4. The first-order valence-corrected chi connectivity index (χ1v) is 10.3. The van der Waals surface area contributed by atoms with Gasteiger partial charge in [-0.3, -0.25) is 0 Å².